The van der Waals surface area contributed by atoms with Crippen LogP contribution in [0.5, 0.6) is 0 Å². The van der Waals surface area contributed by atoms with Gasteiger partial charge in [0.05, 0.1) is 0 Å². The van der Waals surface area contributed by atoms with Crippen LogP contribution in [0.15, 0.2) is 0 Å². The Balaban J connectivity index is 2.58. The van der Waals surface area contributed by atoms with Gasteiger partial charge in [0.2, 0.25) is 0 Å². The van der Waals surface area contributed by atoms with Gasteiger partial charge in [0.25, 0.3) is 6.54 Å². The van der Waals surface area contributed by atoms with Crippen LogP contribution in [-0.4, -0.2) is 28.9 Å². The Bertz CT molecular complexity index is 128. The summed E-state index contributed by atoms with van der Waals surface area (Å²) in [4.78, 5) is 10.00. The van der Waals surface area contributed by atoms with Crippen molar-refractivity contribution in [2.24, 2.45) is 0 Å². The molecule has 0 fully saturated rings. The van der Waals surface area contributed by atoms with E-state index in [2.05, 4.69) is 4.74 Å². The lowest BCUT2D eigenvalue weighted by Gasteiger charge is -1.70. The SMILES string of the molecule is O=C1C[N+](O)=CO1. The predicted octanol–water partition coefficient (Wildman–Crippen LogP) is -1.03. The number of hydrogen-bond acceptors (Lipinski definition) is 3. The van der Waals surface area contributed by atoms with Gasteiger partial charge in [-0.15, -0.1) is 0 Å². The minimum Gasteiger partial charge on any atom is -0.369 e. The van der Waals surface area contributed by atoms with E-state index in [9.17, 15) is 4.79 Å². The molecule has 38 valence electrons. The standard InChI is InChI=1S/C3H4NO3/c5-3-1-4(6)2-7-3/h2,6H,1H2/q+1. The molecule has 0 radical (unpaired) electrons. The monoisotopic (exact) mass is 102 g/mol. The smallest absolute Gasteiger partial charge is 0.369 e. The third-order valence-electron chi connectivity index (χ3n) is 0.597. The zero-order valence-corrected chi connectivity index (χ0v) is 3.50. The van der Waals surface area contributed by atoms with Crippen molar-refractivity contribution in [2.75, 3.05) is 6.54 Å². The number of nitrogens with zero attached hydrogens (tertiary/aromatic N) is 1. The summed E-state index contributed by atoms with van der Waals surface area (Å²) >= 11 is 0. The second-order valence-corrected chi connectivity index (χ2v) is 1.19. The fraction of sp³-hybridized carbons (Fsp3) is 0.333. The number of esters is 1. The number of hydrogen-bond donors (Lipinski definition) is 1. The summed E-state index contributed by atoms with van der Waals surface area (Å²) in [5, 5.41) is 8.33. The van der Waals surface area contributed by atoms with Crippen LogP contribution in [0.25, 0.3) is 0 Å². The first-order chi connectivity index (χ1) is 3.29. The zero-order chi connectivity index (χ0) is 5.28. The van der Waals surface area contributed by atoms with E-state index in [1.54, 1.807) is 0 Å². The van der Waals surface area contributed by atoms with E-state index in [4.69, 9.17) is 5.21 Å². The topological polar surface area (TPSA) is 49.5 Å². The lowest BCUT2D eigenvalue weighted by Crippen LogP contribution is -2.06. The minimum atomic E-state index is -0.428. The second-order valence-electron chi connectivity index (χ2n) is 1.19. The van der Waals surface area contributed by atoms with Crippen molar-refractivity contribution in [1.29, 1.82) is 0 Å². The minimum absolute atomic E-state index is 0.0556. The van der Waals surface area contributed by atoms with Crippen LogP contribution in [0.1, 0.15) is 0 Å². The molecule has 1 N–H and O–H groups in total. The Morgan fingerprint density at radius 2 is 2.71 bits per heavy atom. The molecule has 1 heterocycles. The van der Waals surface area contributed by atoms with E-state index in [0.717, 1.165) is 6.40 Å². The van der Waals surface area contributed by atoms with Gasteiger partial charge in [-0.3, -0.25) is 5.21 Å². The lowest BCUT2D eigenvalue weighted by molar-refractivity contribution is -0.761. The van der Waals surface area contributed by atoms with Gasteiger partial charge in [0.1, 0.15) is 0 Å². The van der Waals surface area contributed by atoms with Crippen molar-refractivity contribution >= 4 is 12.4 Å². The van der Waals surface area contributed by atoms with E-state index in [-0.39, 0.29) is 6.54 Å². The molecule has 0 saturated carbocycles. The first-order valence-electron chi connectivity index (χ1n) is 1.77. The van der Waals surface area contributed by atoms with Gasteiger partial charge in [-0.2, -0.15) is 0 Å². The molecule has 1 aliphatic rings. The number of rotatable bonds is 0. The molecule has 0 aromatic rings. The highest BCUT2D eigenvalue weighted by molar-refractivity contribution is 5.80. The lowest BCUT2D eigenvalue weighted by atomic mass is 10.7. The van der Waals surface area contributed by atoms with E-state index in [0.29, 0.717) is 4.74 Å². The zero-order valence-electron chi connectivity index (χ0n) is 3.50. The van der Waals surface area contributed by atoms with Gasteiger partial charge in [-0.25, -0.2) is 4.79 Å². The predicted molar refractivity (Wildman–Crippen MR) is 19.1 cm³/mol. The molecule has 1 rings (SSSR count). The van der Waals surface area contributed by atoms with E-state index >= 15 is 0 Å². The largest absolute Gasteiger partial charge is 0.386 e. The first kappa shape index (κ1) is 4.11. The summed E-state index contributed by atoms with van der Waals surface area (Å²) in [7, 11) is 0. The highest BCUT2D eigenvalue weighted by atomic mass is 16.6. The first-order valence-corrected chi connectivity index (χ1v) is 1.77. The molecule has 0 amide bonds. The number of ether oxygens (including phenoxy) is 1. The molecule has 0 spiro atoms. The van der Waals surface area contributed by atoms with Gasteiger partial charge in [-0.1, -0.05) is 0 Å². The van der Waals surface area contributed by atoms with Crippen molar-refractivity contribution in [3.05, 3.63) is 0 Å². The second kappa shape index (κ2) is 1.22. The maximum atomic E-state index is 10.00. The van der Waals surface area contributed by atoms with Crippen LogP contribution in [0.3, 0.4) is 0 Å². The summed E-state index contributed by atoms with van der Waals surface area (Å²) in [6.07, 6.45) is 0.961. The molecule has 0 saturated heterocycles. The summed E-state index contributed by atoms with van der Waals surface area (Å²) in [6.45, 7) is -0.0556. The molecular weight excluding hydrogens is 98.0 g/mol. The number of carbonyl (C=O) groups is 1. The van der Waals surface area contributed by atoms with Gasteiger partial charge < -0.3 is 4.74 Å². The summed E-state index contributed by atoms with van der Waals surface area (Å²) in [5.74, 6) is -0.428. The molecule has 7 heavy (non-hydrogen) atoms. The molecule has 0 aliphatic carbocycles. The van der Waals surface area contributed by atoms with Crippen LogP contribution in [0.2, 0.25) is 0 Å². The number of hydroxylamine groups is 1. The summed E-state index contributed by atoms with van der Waals surface area (Å²) < 4.78 is 4.86. The Morgan fingerprint density at radius 3 is 2.86 bits per heavy atom. The fourth-order valence-corrected chi connectivity index (χ4v) is 0.326. The fourth-order valence-electron chi connectivity index (χ4n) is 0.326. The maximum Gasteiger partial charge on any atom is 0.386 e. The Kier molecular flexibility index (Phi) is 0.714. The molecule has 0 atom stereocenters. The maximum absolute atomic E-state index is 10.00. The van der Waals surface area contributed by atoms with Crippen LogP contribution in [0.4, 0.5) is 0 Å². The Hall–Kier alpha value is -1.06. The van der Waals surface area contributed by atoms with Gasteiger partial charge >= 0.3 is 12.4 Å². The van der Waals surface area contributed by atoms with Crippen molar-refractivity contribution < 1.29 is 19.5 Å². The third kappa shape index (κ3) is 0.677. The molecule has 4 heteroatoms. The van der Waals surface area contributed by atoms with Crippen LogP contribution < -0.4 is 0 Å². The molecule has 0 aromatic heterocycles. The third-order valence-corrected chi connectivity index (χ3v) is 0.597. The Labute approximate surface area is 39.6 Å². The quantitative estimate of drug-likeness (QED) is 0.242. The van der Waals surface area contributed by atoms with Gasteiger partial charge in [0.15, 0.2) is 0 Å². The van der Waals surface area contributed by atoms with Crippen LogP contribution >= 0.6 is 0 Å². The average Bonchev–Trinajstić information content (AvgIpc) is 1.87. The molecule has 4 nitrogen and oxygen atoms in total. The van der Waals surface area contributed by atoms with E-state index < -0.39 is 5.97 Å². The summed E-state index contributed by atoms with van der Waals surface area (Å²) in [5.41, 5.74) is 0. The van der Waals surface area contributed by atoms with Crippen molar-refractivity contribution in [1.82, 2.24) is 0 Å². The molecule has 0 unspecified atom stereocenters. The van der Waals surface area contributed by atoms with E-state index in [1.165, 1.54) is 0 Å². The summed E-state index contributed by atoms with van der Waals surface area (Å²) in [6, 6.07) is 0. The van der Waals surface area contributed by atoms with Crippen molar-refractivity contribution in [2.45, 2.75) is 0 Å². The van der Waals surface area contributed by atoms with Gasteiger partial charge in [0, 0.05) is 4.74 Å². The van der Waals surface area contributed by atoms with Crippen molar-refractivity contribution in [3.63, 3.8) is 0 Å². The Morgan fingerprint density at radius 1 is 2.00 bits per heavy atom. The van der Waals surface area contributed by atoms with Crippen LogP contribution in [-0.2, 0) is 9.53 Å². The average molecular weight is 102 g/mol. The molecule has 0 aromatic carbocycles. The van der Waals surface area contributed by atoms with Gasteiger partial charge in [-0.05, 0) is 0 Å². The number of carbonyl (C=O) groups excluding carboxylic acids is 1. The normalized spacial score (nSPS) is 18.9. The number of cyclic esters (lactones) is 1. The highest BCUT2D eigenvalue weighted by Gasteiger charge is 2.20. The highest BCUT2D eigenvalue weighted by Crippen LogP contribution is 1.82. The molecule has 1 aliphatic heterocycles. The van der Waals surface area contributed by atoms with Crippen molar-refractivity contribution in [3.8, 4) is 0 Å². The molecular formula is C3H4NO3+. The van der Waals surface area contributed by atoms with E-state index in [1.807, 2.05) is 0 Å². The van der Waals surface area contributed by atoms with Crippen LogP contribution in [0, 0.1) is 0 Å². The molecule has 0 bridgehead atoms.